The third kappa shape index (κ3) is 4.67. The fraction of sp³-hybridized carbons (Fsp3) is 0.269. The van der Waals surface area contributed by atoms with Crippen LogP contribution in [0.1, 0.15) is 24.6 Å². The summed E-state index contributed by atoms with van der Waals surface area (Å²) in [6.45, 7) is 1.20. The number of hydrogen-bond acceptors (Lipinski definition) is 8. The molecule has 0 unspecified atom stereocenters. The predicted octanol–water partition coefficient (Wildman–Crippen LogP) is 3.99. The van der Waals surface area contributed by atoms with E-state index in [1.165, 1.54) is 18.3 Å². The maximum atomic E-state index is 15.1. The van der Waals surface area contributed by atoms with Crippen molar-refractivity contribution in [1.82, 2.24) is 30.0 Å². The molecule has 1 amide bonds. The topological polar surface area (TPSA) is 114 Å². The highest BCUT2D eigenvalue weighted by Gasteiger charge is 2.26. The zero-order valence-electron chi connectivity index (χ0n) is 20.1. The third-order valence-corrected chi connectivity index (χ3v) is 6.43. The van der Waals surface area contributed by atoms with Gasteiger partial charge in [0, 0.05) is 31.7 Å². The highest BCUT2D eigenvalue weighted by molar-refractivity contribution is 5.95. The SMILES string of the molecule is CN(C)C1CCN(C(=O)c2ccc(-c3cnc(N)c(-c4nnc(-c5ccccc5)o4)n3)cc2F)CC1.[HH]. The van der Waals surface area contributed by atoms with E-state index < -0.39 is 5.82 Å². The van der Waals surface area contributed by atoms with Gasteiger partial charge in [-0.3, -0.25) is 4.79 Å². The monoisotopic (exact) mass is 489 g/mol. The number of nitrogen functional groups attached to an aromatic ring is 1. The number of benzene rings is 2. The standard InChI is InChI=1S/C26H26FN7O2.H2/c1-33(2)18-10-12-34(13-11-18)26(35)19-9-8-17(14-20(19)27)21-15-29-23(28)22(30-21)25-32-31-24(36-25)16-6-4-3-5-7-16;/h3-9,14-15,18H,10-13H2,1-2H3,(H2,28,29);1H. The zero-order chi connectivity index (χ0) is 25.2. The normalized spacial score (nSPS) is 14.4. The van der Waals surface area contributed by atoms with Gasteiger partial charge < -0.3 is 20.0 Å². The highest BCUT2D eigenvalue weighted by atomic mass is 19.1. The van der Waals surface area contributed by atoms with Gasteiger partial charge in [0.2, 0.25) is 5.89 Å². The molecule has 10 heteroatoms. The number of anilines is 1. The number of nitrogens with zero attached hydrogens (tertiary/aromatic N) is 6. The number of rotatable bonds is 5. The van der Waals surface area contributed by atoms with E-state index in [-0.39, 0.29) is 30.3 Å². The second kappa shape index (κ2) is 9.82. The van der Waals surface area contributed by atoms with Crippen LogP contribution in [0.25, 0.3) is 34.3 Å². The first kappa shape index (κ1) is 23.6. The van der Waals surface area contributed by atoms with Crippen molar-refractivity contribution in [3.05, 3.63) is 66.1 Å². The number of aromatic nitrogens is 4. The highest BCUT2D eigenvalue weighted by Crippen LogP contribution is 2.29. The van der Waals surface area contributed by atoms with Gasteiger partial charge in [-0.1, -0.05) is 24.3 Å². The molecule has 1 aliphatic heterocycles. The van der Waals surface area contributed by atoms with Gasteiger partial charge in [0.1, 0.15) is 5.82 Å². The smallest absolute Gasteiger partial charge is 0.270 e. The van der Waals surface area contributed by atoms with Crippen LogP contribution in [-0.4, -0.2) is 69.1 Å². The Morgan fingerprint density at radius 1 is 1.08 bits per heavy atom. The lowest BCUT2D eigenvalue weighted by atomic mass is 10.0. The van der Waals surface area contributed by atoms with E-state index >= 15 is 4.39 Å². The molecule has 5 rings (SSSR count). The van der Waals surface area contributed by atoms with Gasteiger partial charge in [0.05, 0.1) is 17.5 Å². The molecule has 186 valence electrons. The molecule has 36 heavy (non-hydrogen) atoms. The van der Waals surface area contributed by atoms with E-state index in [0.717, 1.165) is 18.4 Å². The number of amides is 1. The van der Waals surface area contributed by atoms with Gasteiger partial charge in [-0.05, 0) is 51.2 Å². The van der Waals surface area contributed by atoms with E-state index in [1.807, 2.05) is 44.4 Å². The zero-order valence-corrected chi connectivity index (χ0v) is 20.1. The summed E-state index contributed by atoms with van der Waals surface area (Å²) in [5.41, 5.74) is 7.83. The summed E-state index contributed by atoms with van der Waals surface area (Å²) in [4.78, 5) is 25.5. The molecule has 1 saturated heterocycles. The molecule has 2 aromatic heterocycles. The van der Waals surface area contributed by atoms with Crippen molar-refractivity contribution in [1.29, 1.82) is 0 Å². The molecule has 0 bridgehead atoms. The van der Waals surface area contributed by atoms with Crippen LogP contribution in [0.3, 0.4) is 0 Å². The molecule has 0 spiro atoms. The summed E-state index contributed by atoms with van der Waals surface area (Å²) in [6.07, 6.45) is 3.17. The number of piperidine rings is 1. The van der Waals surface area contributed by atoms with Crippen molar-refractivity contribution >= 4 is 11.7 Å². The maximum Gasteiger partial charge on any atom is 0.270 e. The Hall–Kier alpha value is -4.18. The lowest BCUT2D eigenvalue weighted by molar-refractivity contribution is 0.0658. The molecule has 0 aliphatic carbocycles. The molecular weight excluding hydrogens is 461 g/mol. The van der Waals surface area contributed by atoms with Gasteiger partial charge in [0.25, 0.3) is 11.8 Å². The van der Waals surface area contributed by atoms with Crippen molar-refractivity contribution in [2.24, 2.45) is 0 Å². The Kier molecular flexibility index (Phi) is 6.43. The van der Waals surface area contributed by atoms with Crippen LogP contribution < -0.4 is 5.73 Å². The molecule has 1 aliphatic rings. The lowest BCUT2D eigenvalue weighted by Crippen LogP contribution is -2.44. The molecule has 0 saturated carbocycles. The van der Waals surface area contributed by atoms with E-state index in [0.29, 0.717) is 36.3 Å². The fourth-order valence-corrected chi connectivity index (χ4v) is 4.31. The first-order chi connectivity index (χ1) is 17.4. The average molecular weight is 490 g/mol. The van der Waals surface area contributed by atoms with Crippen molar-refractivity contribution < 1.29 is 15.0 Å². The molecule has 1 fully saturated rings. The minimum absolute atomic E-state index is 0. The van der Waals surface area contributed by atoms with Gasteiger partial charge >= 0.3 is 0 Å². The van der Waals surface area contributed by atoms with Crippen LogP contribution >= 0.6 is 0 Å². The van der Waals surface area contributed by atoms with Crippen LogP contribution in [0.4, 0.5) is 10.2 Å². The number of likely N-dealkylation sites (tertiary alicyclic amines) is 1. The van der Waals surface area contributed by atoms with Crippen molar-refractivity contribution in [2.45, 2.75) is 18.9 Å². The molecule has 4 aromatic rings. The summed E-state index contributed by atoms with van der Waals surface area (Å²) < 4.78 is 20.8. The number of carbonyl (C=O) groups excluding carboxylic acids is 1. The minimum atomic E-state index is -0.614. The second-order valence-corrected chi connectivity index (χ2v) is 8.95. The maximum absolute atomic E-state index is 15.1. The first-order valence-corrected chi connectivity index (χ1v) is 11.7. The van der Waals surface area contributed by atoms with Gasteiger partial charge in [-0.15, -0.1) is 10.2 Å². The van der Waals surface area contributed by atoms with E-state index in [2.05, 4.69) is 25.1 Å². The largest absolute Gasteiger partial charge is 0.414 e. The molecular formula is C26H28FN7O2. The van der Waals surface area contributed by atoms with Gasteiger partial charge in [-0.2, -0.15) is 0 Å². The summed E-state index contributed by atoms with van der Waals surface area (Å²) in [5, 5.41) is 8.12. The molecule has 0 atom stereocenters. The summed E-state index contributed by atoms with van der Waals surface area (Å²) in [5.74, 6) is -0.388. The van der Waals surface area contributed by atoms with Crippen molar-refractivity contribution in [2.75, 3.05) is 32.9 Å². The number of carbonyl (C=O) groups is 1. The number of hydrogen-bond donors (Lipinski definition) is 1. The Morgan fingerprint density at radius 2 is 1.81 bits per heavy atom. The van der Waals surface area contributed by atoms with Gasteiger partial charge in [-0.25, -0.2) is 14.4 Å². The third-order valence-electron chi connectivity index (χ3n) is 6.43. The number of halogens is 1. The van der Waals surface area contributed by atoms with Crippen LogP contribution in [0.2, 0.25) is 0 Å². The van der Waals surface area contributed by atoms with Gasteiger partial charge in [0.15, 0.2) is 11.5 Å². The lowest BCUT2D eigenvalue weighted by Gasteiger charge is -2.35. The summed E-state index contributed by atoms with van der Waals surface area (Å²) in [7, 11) is 4.07. The molecule has 2 N–H and O–H groups in total. The second-order valence-electron chi connectivity index (χ2n) is 8.95. The molecule has 3 heterocycles. The van der Waals surface area contributed by atoms with E-state index in [1.54, 1.807) is 11.0 Å². The first-order valence-electron chi connectivity index (χ1n) is 11.7. The van der Waals surface area contributed by atoms with Crippen LogP contribution in [0.5, 0.6) is 0 Å². The minimum Gasteiger partial charge on any atom is -0.414 e. The average Bonchev–Trinajstić information content (AvgIpc) is 3.39. The predicted molar refractivity (Wildman–Crippen MR) is 135 cm³/mol. The molecule has 9 nitrogen and oxygen atoms in total. The molecule has 0 radical (unpaired) electrons. The van der Waals surface area contributed by atoms with E-state index in [9.17, 15) is 4.79 Å². The Balaban J connectivity index is 0.00000320. The summed E-state index contributed by atoms with van der Waals surface area (Å²) >= 11 is 0. The molecule has 2 aromatic carbocycles. The van der Waals surface area contributed by atoms with Crippen LogP contribution in [0, 0.1) is 5.82 Å². The quantitative estimate of drug-likeness (QED) is 0.448. The number of nitrogens with two attached hydrogens (primary N) is 1. The summed E-state index contributed by atoms with van der Waals surface area (Å²) in [6, 6.07) is 14.2. The van der Waals surface area contributed by atoms with Crippen molar-refractivity contribution in [3.63, 3.8) is 0 Å². The fourth-order valence-electron chi connectivity index (χ4n) is 4.31. The Morgan fingerprint density at radius 3 is 2.50 bits per heavy atom. The Labute approximate surface area is 209 Å². The Bertz CT molecular complexity index is 1390. The van der Waals surface area contributed by atoms with E-state index in [4.69, 9.17) is 10.2 Å². The van der Waals surface area contributed by atoms with Crippen LogP contribution in [-0.2, 0) is 0 Å². The van der Waals surface area contributed by atoms with Crippen molar-refractivity contribution in [3.8, 4) is 34.3 Å². The van der Waals surface area contributed by atoms with Crippen LogP contribution in [0.15, 0.2) is 59.1 Å².